The average Bonchev–Trinajstić information content (AvgIpc) is 3.24. The van der Waals surface area contributed by atoms with Crippen LogP contribution in [0.2, 0.25) is 0 Å². The van der Waals surface area contributed by atoms with Crippen LogP contribution in [0.1, 0.15) is 16.7 Å². The molecule has 5 rings (SSSR count). The van der Waals surface area contributed by atoms with Crippen LogP contribution in [0.4, 0.5) is 4.39 Å². The highest BCUT2D eigenvalue weighted by atomic mass is 32.2. The predicted molar refractivity (Wildman–Crippen MR) is 118 cm³/mol. The summed E-state index contributed by atoms with van der Waals surface area (Å²) in [6.45, 7) is 3.84. The molecule has 148 valence electrons. The lowest BCUT2D eigenvalue weighted by molar-refractivity contribution is 0.620. The van der Waals surface area contributed by atoms with Gasteiger partial charge in [0, 0.05) is 22.3 Å². The lowest BCUT2D eigenvalue weighted by atomic mass is 9.99. The van der Waals surface area contributed by atoms with Crippen LogP contribution in [0, 0.1) is 19.7 Å². The Morgan fingerprint density at radius 2 is 1.90 bits per heavy atom. The second kappa shape index (κ2) is 7.50. The third kappa shape index (κ3) is 3.21. The number of rotatable bonds is 4. The average molecular weight is 415 g/mol. The molecule has 3 heterocycles. The molecule has 5 nitrogen and oxygen atoms in total. The van der Waals surface area contributed by atoms with Crippen LogP contribution in [-0.4, -0.2) is 24.9 Å². The maximum Gasteiger partial charge on any atom is 0.181 e. The van der Waals surface area contributed by atoms with Gasteiger partial charge >= 0.3 is 0 Å². The normalized spacial score (nSPS) is 11.4. The van der Waals surface area contributed by atoms with E-state index >= 15 is 0 Å². The number of thioether (sulfide) groups is 1. The lowest BCUT2D eigenvalue weighted by Crippen LogP contribution is -1.98. The minimum atomic E-state index is -0.240. The van der Waals surface area contributed by atoms with E-state index in [1.807, 2.05) is 12.1 Å². The number of fused-ring (bicyclic) bond motifs is 2. The molecule has 0 atom stereocenters. The first-order chi connectivity index (χ1) is 14.6. The van der Waals surface area contributed by atoms with E-state index < -0.39 is 0 Å². The standard InChI is InChI=1S/C23H18FN5S/c1-13-5-3-4-6-17(13)20-16(9-15-7-8-18(24)14(2)19(15)29-20)10-30-23-21-22(26-11-25-21)27-12-28-23/h3-9,11-12H,10H2,1-2H3,(H,25,26,27,28). The van der Waals surface area contributed by atoms with Crippen molar-refractivity contribution < 1.29 is 4.39 Å². The van der Waals surface area contributed by atoms with Crippen LogP contribution in [0.15, 0.2) is 60.1 Å². The fraction of sp³-hybridized carbons (Fsp3) is 0.130. The van der Waals surface area contributed by atoms with E-state index in [2.05, 4.69) is 45.1 Å². The molecule has 0 saturated carbocycles. The van der Waals surface area contributed by atoms with Gasteiger partial charge in [0.05, 0.1) is 17.5 Å². The second-order valence-electron chi connectivity index (χ2n) is 7.12. The number of hydrogen-bond donors (Lipinski definition) is 1. The van der Waals surface area contributed by atoms with Gasteiger partial charge in [0.15, 0.2) is 5.65 Å². The number of aromatic amines is 1. The van der Waals surface area contributed by atoms with E-state index in [-0.39, 0.29) is 5.82 Å². The van der Waals surface area contributed by atoms with Gasteiger partial charge in [-0.25, -0.2) is 24.3 Å². The second-order valence-corrected chi connectivity index (χ2v) is 8.09. The van der Waals surface area contributed by atoms with Gasteiger partial charge in [-0.15, -0.1) is 0 Å². The van der Waals surface area contributed by atoms with Crippen LogP contribution in [0.5, 0.6) is 0 Å². The molecule has 0 unspecified atom stereocenters. The number of aromatic nitrogens is 5. The third-order valence-corrected chi connectivity index (χ3v) is 6.24. The molecular formula is C23H18FN5S. The van der Waals surface area contributed by atoms with Gasteiger partial charge in [-0.2, -0.15) is 0 Å². The Hall–Kier alpha value is -3.32. The summed E-state index contributed by atoms with van der Waals surface area (Å²) in [6.07, 6.45) is 3.15. The maximum atomic E-state index is 14.2. The van der Waals surface area contributed by atoms with Crippen molar-refractivity contribution in [3.8, 4) is 11.3 Å². The van der Waals surface area contributed by atoms with Gasteiger partial charge in [-0.1, -0.05) is 36.0 Å². The molecule has 0 aliphatic heterocycles. The Morgan fingerprint density at radius 1 is 1.03 bits per heavy atom. The number of halogens is 1. The molecular weight excluding hydrogens is 397 g/mol. The summed E-state index contributed by atoms with van der Waals surface area (Å²) < 4.78 is 14.2. The highest BCUT2D eigenvalue weighted by molar-refractivity contribution is 7.98. The molecule has 0 radical (unpaired) electrons. The van der Waals surface area contributed by atoms with Gasteiger partial charge in [-0.05, 0) is 43.2 Å². The van der Waals surface area contributed by atoms with Gasteiger partial charge in [0.1, 0.15) is 22.7 Å². The Bertz CT molecular complexity index is 1400. The Morgan fingerprint density at radius 3 is 2.77 bits per heavy atom. The molecule has 3 aromatic heterocycles. The molecule has 0 aliphatic rings. The van der Waals surface area contributed by atoms with Gasteiger partial charge < -0.3 is 4.98 Å². The minimum Gasteiger partial charge on any atom is -0.341 e. The first kappa shape index (κ1) is 18.7. The van der Waals surface area contributed by atoms with E-state index in [0.717, 1.165) is 38.3 Å². The van der Waals surface area contributed by atoms with Crippen LogP contribution in [-0.2, 0) is 5.75 Å². The molecule has 30 heavy (non-hydrogen) atoms. The molecule has 0 saturated heterocycles. The largest absolute Gasteiger partial charge is 0.341 e. The number of imidazole rings is 1. The lowest BCUT2D eigenvalue weighted by Gasteiger charge is -2.14. The molecule has 0 bridgehead atoms. The topological polar surface area (TPSA) is 67.3 Å². The third-order valence-electron chi connectivity index (χ3n) is 5.21. The molecule has 7 heteroatoms. The van der Waals surface area contributed by atoms with Crippen molar-refractivity contribution in [1.29, 1.82) is 0 Å². The summed E-state index contributed by atoms with van der Waals surface area (Å²) in [5, 5.41) is 1.76. The molecule has 0 fully saturated rings. The molecule has 0 aliphatic carbocycles. The van der Waals surface area contributed by atoms with Crippen molar-refractivity contribution >= 4 is 33.8 Å². The monoisotopic (exact) mass is 415 g/mol. The number of pyridine rings is 1. The van der Waals surface area contributed by atoms with Crippen molar-refractivity contribution in [2.24, 2.45) is 0 Å². The number of nitrogens with one attached hydrogen (secondary N) is 1. The molecule has 2 aromatic carbocycles. The van der Waals surface area contributed by atoms with E-state index in [1.165, 1.54) is 12.4 Å². The summed E-state index contributed by atoms with van der Waals surface area (Å²) in [5.41, 5.74) is 6.85. The Balaban J connectivity index is 1.64. The van der Waals surface area contributed by atoms with E-state index in [9.17, 15) is 4.39 Å². The van der Waals surface area contributed by atoms with Crippen molar-refractivity contribution in [2.75, 3.05) is 0 Å². The summed E-state index contributed by atoms with van der Waals surface area (Å²) in [7, 11) is 0. The van der Waals surface area contributed by atoms with Crippen molar-refractivity contribution in [1.82, 2.24) is 24.9 Å². The quantitative estimate of drug-likeness (QED) is 0.305. The minimum absolute atomic E-state index is 0.240. The molecule has 0 spiro atoms. The number of benzene rings is 2. The van der Waals surface area contributed by atoms with Gasteiger partial charge in [0.25, 0.3) is 0 Å². The Kier molecular flexibility index (Phi) is 4.67. The highest BCUT2D eigenvalue weighted by Gasteiger charge is 2.15. The van der Waals surface area contributed by atoms with Gasteiger partial charge in [0.2, 0.25) is 0 Å². The highest BCUT2D eigenvalue weighted by Crippen LogP contribution is 2.34. The Labute approximate surface area is 176 Å². The fourth-order valence-electron chi connectivity index (χ4n) is 3.58. The van der Waals surface area contributed by atoms with Crippen LogP contribution < -0.4 is 0 Å². The number of nitrogens with zero attached hydrogens (tertiary/aromatic N) is 4. The summed E-state index contributed by atoms with van der Waals surface area (Å²) in [6, 6.07) is 13.5. The smallest absolute Gasteiger partial charge is 0.181 e. The summed E-state index contributed by atoms with van der Waals surface area (Å²) in [5.74, 6) is 0.421. The van der Waals surface area contributed by atoms with Crippen LogP contribution in [0.3, 0.4) is 0 Å². The molecule has 0 amide bonds. The SMILES string of the molecule is Cc1ccccc1-c1nc2c(C)c(F)ccc2cc1CSc1ncnc2nc[nH]c12. The van der Waals surface area contributed by atoms with E-state index in [4.69, 9.17) is 4.98 Å². The first-order valence-electron chi connectivity index (χ1n) is 9.53. The summed E-state index contributed by atoms with van der Waals surface area (Å²) >= 11 is 1.60. The zero-order valence-electron chi connectivity index (χ0n) is 16.5. The van der Waals surface area contributed by atoms with Crippen molar-refractivity contribution in [3.05, 3.63) is 77.6 Å². The van der Waals surface area contributed by atoms with E-state index in [1.54, 1.807) is 31.1 Å². The first-order valence-corrected chi connectivity index (χ1v) is 10.5. The molecule has 1 N–H and O–H groups in total. The summed E-state index contributed by atoms with van der Waals surface area (Å²) in [4.78, 5) is 20.8. The van der Waals surface area contributed by atoms with Crippen molar-refractivity contribution in [2.45, 2.75) is 24.6 Å². The number of H-pyrrole nitrogens is 1. The van der Waals surface area contributed by atoms with Crippen LogP contribution >= 0.6 is 11.8 Å². The number of hydrogen-bond acceptors (Lipinski definition) is 5. The zero-order chi connectivity index (χ0) is 20.7. The fourth-order valence-corrected chi connectivity index (χ4v) is 4.51. The van der Waals surface area contributed by atoms with Gasteiger partial charge in [-0.3, -0.25) is 0 Å². The molecule has 5 aromatic rings. The zero-order valence-corrected chi connectivity index (χ0v) is 17.3. The van der Waals surface area contributed by atoms with Crippen molar-refractivity contribution in [3.63, 3.8) is 0 Å². The van der Waals surface area contributed by atoms with Crippen LogP contribution in [0.25, 0.3) is 33.3 Å². The predicted octanol–water partition coefficient (Wildman–Crippen LogP) is 5.62. The van der Waals surface area contributed by atoms with E-state index in [0.29, 0.717) is 22.5 Å². The maximum absolute atomic E-state index is 14.2. The number of aryl methyl sites for hydroxylation is 2.